The quantitative estimate of drug-likeness (QED) is 0.232. The molecule has 0 spiro atoms. The maximum Gasteiger partial charge on any atom is 0.103 e. The number of benzene rings is 2. The Balaban J connectivity index is 1.31. The summed E-state index contributed by atoms with van der Waals surface area (Å²) in [5.41, 5.74) is 6.42. The minimum Gasteiger partial charge on any atom is -0.361 e. The highest BCUT2D eigenvalue weighted by Crippen LogP contribution is 2.40. The van der Waals surface area contributed by atoms with E-state index in [-0.39, 0.29) is 0 Å². The number of H-pyrrole nitrogens is 1. The number of rotatable bonds is 7. The van der Waals surface area contributed by atoms with Gasteiger partial charge in [0, 0.05) is 69.6 Å². The summed E-state index contributed by atoms with van der Waals surface area (Å²) in [7, 11) is 0. The summed E-state index contributed by atoms with van der Waals surface area (Å²) in [6.07, 6.45) is 7.18. The highest BCUT2D eigenvalue weighted by molar-refractivity contribution is 7.22. The molecule has 3 N–H and O–H groups in total. The first-order valence-corrected chi connectivity index (χ1v) is 12.4. The van der Waals surface area contributed by atoms with Crippen LogP contribution >= 0.6 is 11.3 Å². The second kappa shape index (κ2) is 9.62. The lowest BCUT2D eigenvalue weighted by atomic mass is 10.1. The van der Waals surface area contributed by atoms with E-state index in [1.54, 1.807) is 17.5 Å². The summed E-state index contributed by atoms with van der Waals surface area (Å²) in [6, 6.07) is 25.1. The predicted octanol–water partition coefficient (Wildman–Crippen LogP) is 6.74. The van der Waals surface area contributed by atoms with Crippen LogP contribution in [0.3, 0.4) is 0 Å². The van der Waals surface area contributed by atoms with Gasteiger partial charge in [0.05, 0.1) is 16.9 Å². The molecule has 0 atom stereocenters. The predicted molar refractivity (Wildman–Crippen MR) is 146 cm³/mol. The van der Waals surface area contributed by atoms with Crippen LogP contribution in [0.4, 0.5) is 11.4 Å². The number of nitrogens with zero attached hydrogens (tertiary/aromatic N) is 3. The monoisotopic (exact) mass is 486 g/mol. The molecule has 36 heavy (non-hydrogen) atoms. The van der Waals surface area contributed by atoms with E-state index in [1.165, 1.54) is 15.6 Å². The smallest absolute Gasteiger partial charge is 0.103 e. The molecule has 0 bridgehead atoms. The topological polar surface area (TPSA) is 89.4 Å². The fraction of sp³-hybridized carbons (Fsp3) is 0.0690. The Kier molecular flexibility index (Phi) is 5.88. The van der Waals surface area contributed by atoms with E-state index in [1.807, 2.05) is 61.1 Å². The van der Waals surface area contributed by atoms with Gasteiger partial charge in [0.15, 0.2) is 0 Å². The van der Waals surface area contributed by atoms with Gasteiger partial charge in [-0.05, 0) is 59.5 Å². The number of nitrogens with one attached hydrogen (secondary N) is 3. The highest BCUT2D eigenvalue weighted by atomic mass is 32.1. The largest absolute Gasteiger partial charge is 0.361 e. The maximum atomic E-state index is 9.84. The van der Waals surface area contributed by atoms with Crippen molar-refractivity contribution >= 4 is 43.7 Å². The van der Waals surface area contributed by atoms with Crippen molar-refractivity contribution < 1.29 is 0 Å². The Morgan fingerprint density at radius 1 is 0.972 bits per heavy atom. The van der Waals surface area contributed by atoms with E-state index in [4.69, 9.17) is 0 Å². The van der Waals surface area contributed by atoms with Crippen molar-refractivity contribution in [3.05, 3.63) is 108 Å². The van der Waals surface area contributed by atoms with Crippen molar-refractivity contribution in [3.63, 3.8) is 0 Å². The lowest BCUT2D eigenvalue weighted by molar-refractivity contribution is 0.680. The van der Waals surface area contributed by atoms with Crippen LogP contribution in [0.5, 0.6) is 0 Å². The summed E-state index contributed by atoms with van der Waals surface area (Å²) in [6.45, 7) is 1.49. The minimum atomic E-state index is 0.511. The van der Waals surface area contributed by atoms with Crippen molar-refractivity contribution in [2.45, 2.75) is 13.1 Å². The molecule has 7 heteroatoms. The molecule has 4 heterocycles. The van der Waals surface area contributed by atoms with Gasteiger partial charge in [-0.3, -0.25) is 9.97 Å². The molecule has 4 aromatic heterocycles. The Labute approximate surface area is 212 Å². The molecule has 0 aliphatic heterocycles. The molecule has 2 aromatic carbocycles. The van der Waals surface area contributed by atoms with E-state index in [2.05, 4.69) is 55.9 Å². The standard InChI is InChI=1S/C29H22N6S/c30-14-21-16-32-18-24(29(21)35-26-6-3-5-25-23(26)9-11-34-25)28-13-20-12-19(7-8-27(20)36-28)15-31-17-22-4-1-2-10-33-22/h1-13,16,18,31,34H,15,17H2,(H,32,35). The molecular formula is C29H22N6S. The molecule has 0 fully saturated rings. The molecular weight excluding hydrogens is 464 g/mol. The van der Waals surface area contributed by atoms with Crippen LogP contribution < -0.4 is 10.6 Å². The van der Waals surface area contributed by atoms with Crippen LogP contribution in [-0.2, 0) is 13.1 Å². The lowest BCUT2D eigenvalue weighted by Gasteiger charge is -2.13. The van der Waals surface area contributed by atoms with Gasteiger partial charge in [-0.2, -0.15) is 5.26 Å². The van der Waals surface area contributed by atoms with E-state index in [9.17, 15) is 5.26 Å². The fourth-order valence-electron chi connectivity index (χ4n) is 4.37. The zero-order valence-corrected chi connectivity index (χ0v) is 20.1. The number of fused-ring (bicyclic) bond motifs is 2. The minimum absolute atomic E-state index is 0.511. The maximum absolute atomic E-state index is 9.84. The Morgan fingerprint density at radius 3 is 2.83 bits per heavy atom. The number of aromatic nitrogens is 3. The molecule has 6 rings (SSSR count). The van der Waals surface area contributed by atoms with E-state index < -0.39 is 0 Å². The number of anilines is 2. The van der Waals surface area contributed by atoms with Crippen molar-refractivity contribution in [2.75, 3.05) is 5.32 Å². The van der Waals surface area contributed by atoms with Crippen LogP contribution in [0, 0.1) is 11.3 Å². The summed E-state index contributed by atoms with van der Waals surface area (Å²) >= 11 is 1.70. The first-order valence-electron chi connectivity index (χ1n) is 11.6. The highest BCUT2D eigenvalue weighted by Gasteiger charge is 2.15. The average molecular weight is 487 g/mol. The normalized spacial score (nSPS) is 11.1. The Bertz CT molecular complexity index is 1710. The van der Waals surface area contributed by atoms with Gasteiger partial charge in [0.1, 0.15) is 6.07 Å². The van der Waals surface area contributed by atoms with Crippen molar-refractivity contribution in [1.82, 2.24) is 20.3 Å². The number of hydrogen-bond donors (Lipinski definition) is 3. The van der Waals surface area contributed by atoms with Gasteiger partial charge in [0.25, 0.3) is 0 Å². The summed E-state index contributed by atoms with van der Waals surface area (Å²) in [5, 5.41) is 19.1. The third-order valence-corrected chi connectivity index (χ3v) is 7.28. The van der Waals surface area contributed by atoms with Gasteiger partial charge in [0.2, 0.25) is 0 Å². The molecule has 6 aromatic rings. The molecule has 0 unspecified atom stereocenters. The number of hydrogen-bond acceptors (Lipinski definition) is 6. The Morgan fingerprint density at radius 2 is 1.94 bits per heavy atom. The summed E-state index contributed by atoms with van der Waals surface area (Å²) in [5.74, 6) is 0. The van der Waals surface area contributed by atoms with Gasteiger partial charge < -0.3 is 15.6 Å². The fourth-order valence-corrected chi connectivity index (χ4v) is 5.43. The van der Waals surface area contributed by atoms with Crippen molar-refractivity contribution in [2.24, 2.45) is 0 Å². The lowest BCUT2D eigenvalue weighted by Crippen LogP contribution is -2.13. The third-order valence-electron chi connectivity index (χ3n) is 6.13. The summed E-state index contributed by atoms with van der Waals surface area (Å²) in [4.78, 5) is 13.0. The van der Waals surface area contributed by atoms with Crippen LogP contribution in [0.15, 0.2) is 91.5 Å². The van der Waals surface area contributed by atoms with Crippen LogP contribution in [0.2, 0.25) is 0 Å². The van der Waals surface area contributed by atoms with Gasteiger partial charge in [-0.1, -0.05) is 18.2 Å². The van der Waals surface area contributed by atoms with E-state index in [0.29, 0.717) is 5.56 Å². The third kappa shape index (κ3) is 4.31. The molecule has 174 valence electrons. The van der Waals surface area contributed by atoms with Crippen LogP contribution in [-0.4, -0.2) is 15.0 Å². The van der Waals surface area contributed by atoms with Crippen LogP contribution in [0.1, 0.15) is 16.8 Å². The molecule has 0 aliphatic rings. The van der Waals surface area contributed by atoms with Gasteiger partial charge in [-0.25, -0.2) is 0 Å². The van der Waals surface area contributed by atoms with Crippen LogP contribution in [0.25, 0.3) is 31.4 Å². The number of aromatic amines is 1. The molecule has 0 aliphatic carbocycles. The number of nitriles is 1. The van der Waals surface area contributed by atoms with E-state index in [0.717, 1.165) is 51.5 Å². The van der Waals surface area contributed by atoms with Crippen molar-refractivity contribution in [3.8, 4) is 16.5 Å². The number of pyridine rings is 2. The second-order valence-corrected chi connectivity index (χ2v) is 9.58. The molecule has 6 nitrogen and oxygen atoms in total. The second-order valence-electron chi connectivity index (χ2n) is 8.50. The zero-order valence-electron chi connectivity index (χ0n) is 19.3. The molecule has 0 saturated carbocycles. The van der Waals surface area contributed by atoms with Crippen molar-refractivity contribution in [1.29, 1.82) is 5.26 Å². The van der Waals surface area contributed by atoms with Gasteiger partial charge >= 0.3 is 0 Å². The molecule has 0 radical (unpaired) electrons. The first-order chi connectivity index (χ1) is 17.8. The molecule has 0 amide bonds. The Hall–Kier alpha value is -4.51. The zero-order chi connectivity index (χ0) is 24.3. The average Bonchev–Trinajstić information content (AvgIpc) is 3.57. The SMILES string of the molecule is N#Cc1cncc(-c2cc3cc(CNCc4ccccn4)ccc3s2)c1Nc1cccc2[nH]ccc12. The van der Waals surface area contributed by atoms with E-state index >= 15 is 0 Å². The number of thiophene rings is 1. The first kappa shape index (κ1) is 22.0. The molecule has 0 saturated heterocycles. The summed E-state index contributed by atoms with van der Waals surface area (Å²) < 4.78 is 1.19. The van der Waals surface area contributed by atoms with Gasteiger partial charge in [-0.15, -0.1) is 11.3 Å².